The fourth-order valence-corrected chi connectivity index (χ4v) is 1.88. The van der Waals surface area contributed by atoms with Crippen LogP contribution in [-0.4, -0.2) is 16.9 Å². The Bertz CT molecular complexity index is 632. The molecule has 2 aromatic rings. The van der Waals surface area contributed by atoms with Crippen LogP contribution in [0.1, 0.15) is 27.6 Å². The molecule has 0 unspecified atom stereocenters. The lowest BCUT2D eigenvalue weighted by Gasteiger charge is -2.10. The van der Waals surface area contributed by atoms with Crippen molar-refractivity contribution >= 4 is 28.2 Å². The number of nitrogen functional groups attached to an aromatic ring is 1. The van der Waals surface area contributed by atoms with Crippen LogP contribution in [0.2, 0.25) is 0 Å². The van der Waals surface area contributed by atoms with Crippen LogP contribution in [0.25, 0.3) is 10.8 Å². The quantitative estimate of drug-likeness (QED) is 0.611. The van der Waals surface area contributed by atoms with Gasteiger partial charge < -0.3 is 10.8 Å². The van der Waals surface area contributed by atoms with Gasteiger partial charge in [-0.05, 0) is 18.4 Å². The van der Waals surface area contributed by atoms with Crippen LogP contribution in [0.5, 0.6) is 0 Å². The first kappa shape index (κ1) is 11.1. The molecule has 0 aliphatic heterocycles. The predicted molar refractivity (Wildman–Crippen MR) is 65.3 cm³/mol. The van der Waals surface area contributed by atoms with Gasteiger partial charge in [0.25, 0.3) is 0 Å². The molecule has 0 radical (unpaired) electrons. The highest BCUT2D eigenvalue weighted by Gasteiger charge is 2.19. The standard InChI is InChI=1S/C13H11NO3/c1-7(15)10-6-8-4-2-3-5-9(8)12(14)11(10)13(16)17/h2-6H,14H2,1H3,(H,16,17). The summed E-state index contributed by atoms with van der Waals surface area (Å²) in [4.78, 5) is 22.6. The zero-order chi connectivity index (χ0) is 12.6. The SMILES string of the molecule is CC(=O)c1cc2ccccc2c(N)c1C(=O)O. The Morgan fingerprint density at radius 2 is 1.88 bits per heavy atom. The number of nitrogens with two attached hydrogens (primary N) is 1. The average molecular weight is 229 g/mol. The number of carbonyl (C=O) groups is 2. The normalized spacial score (nSPS) is 10.4. The van der Waals surface area contributed by atoms with Crippen molar-refractivity contribution in [3.63, 3.8) is 0 Å². The van der Waals surface area contributed by atoms with E-state index in [-0.39, 0.29) is 22.6 Å². The molecule has 0 atom stereocenters. The van der Waals surface area contributed by atoms with Crippen molar-refractivity contribution in [2.24, 2.45) is 0 Å². The molecule has 4 nitrogen and oxygen atoms in total. The Labute approximate surface area is 97.7 Å². The summed E-state index contributed by atoms with van der Waals surface area (Å²) in [6.07, 6.45) is 0. The molecule has 17 heavy (non-hydrogen) atoms. The number of ketones is 1. The van der Waals surface area contributed by atoms with E-state index in [2.05, 4.69) is 0 Å². The van der Waals surface area contributed by atoms with Crippen LogP contribution in [0, 0.1) is 0 Å². The molecular weight excluding hydrogens is 218 g/mol. The van der Waals surface area contributed by atoms with Crippen molar-refractivity contribution in [3.05, 3.63) is 41.5 Å². The van der Waals surface area contributed by atoms with Gasteiger partial charge in [-0.15, -0.1) is 0 Å². The second-order valence-electron chi connectivity index (χ2n) is 3.80. The van der Waals surface area contributed by atoms with E-state index in [0.717, 1.165) is 5.39 Å². The van der Waals surface area contributed by atoms with Crippen molar-refractivity contribution in [1.82, 2.24) is 0 Å². The summed E-state index contributed by atoms with van der Waals surface area (Å²) >= 11 is 0. The summed E-state index contributed by atoms with van der Waals surface area (Å²) in [6.45, 7) is 1.33. The van der Waals surface area contributed by atoms with E-state index in [4.69, 9.17) is 10.8 Å². The molecule has 0 heterocycles. The molecule has 0 spiro atoms. The van der Waals surface area contributed by atoms with Gasteiger partial charge in [0.05, 0.1) is 11.3 Å². The van der Waals surface area contributed by atoms with Crippen LogP contribution in [0.15, 0.2) is 30.3 Å². The van der Waals surface area contributed by atoms with Crippen molar-refractivity contribution in [3.8, 4) is 0 Å². The topological polar surface area (TPSA) is 80.4 Å². The lowest BCUT2D eigenvalue weighted by Crippen LogP contribution is -2.10. The summed E-state index contributed by atoms with van der Waals surface area (Å²) in [5.74, 6) is -1.49. The smallest absolute Gasteiger partial charge is 0.338 e. The molecule has 0 saturated carbocycles. The van der Waals surface area contributed by atoms with Crippen molar-refractivity contribution in [2.45, 2.75) is 6.92 Å². The van der Waals surface area contributed by atoms with Crippen LogP contribution >= 0.6 is 0 Å². The van der Waals surface area contributed by atoms with Crippen LogP contribution in [0.3, 0.4) is 0 Å². The van der Waals surface area contributed by atoms with Gasteiger partial charge >= 0.3 is 5.97 Å². The minimum atomic E-state index is -1.18. The summed E-state index contributed by atoms with van der Waals surface area (Å²) in [7, 11) is 0. The third-order valence-electron chi connectivity index (χ3n) is 2.68. The zero-order valence-electron chi connectivity index (χ0n) is 9.23. The number of aromatic carboxylic acids is 1. The van der Waals surface area contributed by atoms with Crippen molar-refractivity contribution in [2.75, 3.05) is 5.73 Å². The maximum Gasteiger partial charge on any atom is 0.338 e. The molecule has 0 fully saturated rings. The fourth-order valence-electron chi connectivity index (χ4n) is 1.88. The van der Waals surface area contributed by atoms with Crippen LogP contribution in [0.4, 0.5) is 5.69 Å². The molecule has 4 heteroatoms. The maximum absolute atomic E-state index is 11.4. The van der Waals surface area contributed by atoms with E-state index < -0.39 is 5.97 Å². The van der Waals surface area contributed by atoms with E-state index in [1.807, 2.05) is 6.07 Å². The average Bonchev–Trinajstić information content (AvgIpc) is 2.28. The van der Waals surface area contributed by atoms with Gasteiger partial charge in [-0.1, -0.05) is 24.3 Å². The minimum absolute atomic E-state index is 0.115. The first-order valence-electron chi connectivity index (χ1n) is 5.08. The second kappa shape index (κ2) is 3.90. The number of fused-ring (bicyclic) bond motifs is 1. The number of rotatable bonds is 2. The summed E-state index contributed by atoms with van der Waals surface area (Å²) in [6, 6.07) is 8.69. The van der Waals surface area contributed by atoms with Gasteiger partial charge in [-0.3, -0.25) is 4.79 Å². The highest BCUT2D eigenvalue weighted by atomic mass is 16.4. The van der Waals surface area contributed by atoms with E-state index in [9.17, 15) is 9.59 Å². The summed E-state index contributed by atoms with van der Waals surface area (Å²) in [5, 5.41) is 10.5. The third-order valence-corrected chi connectivity index (χ3v) is 2.68. The van der Waals surface area contributed by atoms with Gasteiger partial charge in [-0.2, -0.15) is 0 Å². The van der Waals surface area contributed by atoms with Gasteiger partial charge in [0.15, 0.2) is 5.78 Å². The van der Waals surface area contributed by atoms with Crippen molar-refractivity contribution in [1.29, 1.82) is 0 Å². The number of benzene rings is 2. The zero-order valence-corrected chi connectivity index (χ0v) is 9.23. The lowest BCUT2D eigenvalue weighted by atomic mass is 9.96. The molecule has 0 aromatic heterocycles. The number of Topliss-reactive ketones (excluding diaryl/α,β-unsaturated/α-hetero) is 1. The maximum atomic E-state index is 11.4. The molecule has 2 rings (SSSR count). The molecule has 86 valence electrons. The van der Waals surface area contributed by atoms with Gasteiger partial charge in [0, 0.05) is 10.9 Å². The van der Waals surface area contributed by atoms with Gasteiger partial charge in [-0.25, -0.2) is 4.79 Å². The number of carboxylic acids is 1. The molecule has 2 aromatic carbocycles. The number of anilines is 1. The van der Waals surface area contributed by atoms with Gasteiger partial charge in [0.1, 0.15) is 0 Å². The van der Waals surface area contributed by atoms with E-state index in [1.165, 1.54) is 6.92 Å². The Morgan fingerprint density at radius 1 is 1.24 bits per heavy atom. The monoisotopic (exact) mass is 229 g/mol. The molecular formula is C13H11NO3. The first-order valence-corrected chi connectivity index (χ1v) is 5.08. The molecule has 0 aliphatic carbocycles. The second-order valence-corrected chi connectivity index (χ2v) is 3.80. The Morgan fingerprint density at radius 3 is 2.47 bits per heavy atom. The number of carboxylic acid groups (broad SMARTS) is 1. The number of carbonyl (C=O) groups excluding carboxylic acids is 1. The lowest BCUT2D eigenvalue weighted by molar-refractivity contribution is 0.0693. The largest absolute Gasteiger partial charge is 0.478 e. The van der Waals surface area contributed by atoms with Crippen molar-refractivity contribution < 1.29 is 14.7 Å². The highest BCUT2D eigenvalue weighted by molar-refractivity contribution is 6.14. The van der Waals surface area contributed by atoms with E-state index in [0.29, 0.717) is 5.39 Å². The highest BCUT2D eigenvalue weighted by Crippen LogP contribution is 2.28. The third kappa shape index (κ3) is 1.73. The van der Waals surface area contributed by atoms with E-state index >= 15 is 0 Å². The van der Waals surface area contributed by atoms with Crippen LogP contribution in [-0.2, 0) is 0 Å². The van der Waals surface area contributed by atoms with E-state index in [1.54, 1.807) is 24.3 Å². The van der Waals surface area contributed by atoms with Crippen LogP contribution < -0.4 is 5.73 Å². The summed E-state index contributed by atoms with van der Waals surface area (Å²) in [5.41, 5.74) is 6.00. The molecule has 0 saturated heterocycles. The molecule has 0 bridgehead atoms. The molecule has 0 aliphatic rings. The minimum Gasteiger partial charge on any atom is -0.478 e. The Kier molecular flexibility index (Phi) is 2.55. The number of hydrogen-bond donors (Lipinski definition) is 2. The molecule has 3 N–H and O–H groups in total. The summed E-state index contributed by atoms with van der Waals surface area (Å²) < 4.78 is 0. The van der Waals surface area contributed by atoms with Gasteiger partial charge in [0.2, 0.25) is 0 Å². The Hall–Kier alpha value is -2.36. The molecule has 0 amide bonds. The Balaban J connectivity index is 2.94. The number of hydrogen-bond acceptors (Lipinski definition) is 3. The fraction of sp³-hybridized carbons (Fsp3) is 0.0769. The predicted octanol–water partition coefficient (Wildman–Crippen LogP) is 2.32. The first-order chi connectivity index (χ1) is 8.02.